The monoisotopic (exact) mass is 472 g/mol. The second kappa shape index (κ2) is 11.5. The van der Waals surface area contributed by atoms with Gasteiger partial charge in [0, 0.05) is 11.6 Å². The molecule has 2 aromatic carbocycles. The van der Waals surface area contributed by atoms with E-state index < -0.39 is 0 Å². The maximum absolute atomic E-state index is 13.7. The van der Waals surface area contributed by atoms with Gasteiger partial charge in [0.2, 0.25) is 16.9 Å². The highest BCUT2D eigenvalue weighted by atomic mass is 16.5. The summed E-state index contributed by atoms with van der Waals surface area (Å²) in [6.07, 6.45) is 0. The van der Waals surface area contributed by atoms with E-state index in [9.17, 15) is 4.79 Å². The summed E-state index contributed by atoms with van der Waals surface area (Å²) in [5, 5.41) is 0.227. The fourth-order valence-electron chi connectivity index (χ4n) is 3.66. The molecule has 34 heavy (non-hydrogen) atoms. The Balaban J connectivity index is 2.36. The average molecular weight is 473 g/mol. The second-order valence-corrected chi connectivity index (χ2v) is 7.03. The van der Waals surface area contributed by atoms with Crippen LogP contribution in [0, 0.1) is 0 Å². The van der Waals surface area contributed by atoms with Crippen LogP contribution >= 0.6 is 0 Å². The van der Waals surface area contributed by atoms with Gasteiger partial charge in [-0.1, -0.05) is 0 Å². The maximum Gasteiger partial charge on any atom is 0.239 e. The minimum Gasteiger partial charge on any atom is -0.490 e. The van der Waals surface area contributed by atoms with E-state index in [1.54, 1.807) is 31.2 Å². The Bertz CT molecular complexity index is 1180. The average Bonchev–Trinajstić information content (AvgIpc) is 2.82. The molecule has 0 atom stereocenters. The lowest BCUT2D eigenvalue weighted by molar-refractivity contribution is 0.283. The van der Waals surface area contributed by atoms with E-state index in [1.165, 1.54) is 7.11 Å². The molecule has 8 nitrogen and oxygen atoms in total. The maximum atomic E-state index is 13.7. The number of hydrogen-bond donors (Lipinski definition) is 0. The first-order chi connectivity index (χ1) is 16.5. The molecule has 3 rings (SSSR count). The molecule has 0 saturated carbocycles. The Morgan fingerprint density at radius 1 is 0.676 bits per heavy atom. The van der Waals surface area contributed by atoms with Crippen molar-refractivity contribution in [1.29, 1.82) is 0 Å². The molecule has 0 fully saturated rings. The predicted octanol–water partition coefficient (Wildman–Crippen LogP) is 5.46. The van der Waals surface area contributed by atoms with Crippen LogP contribution in [0.2, 0.25) is 0 Å². The van der Waals surface area contributed by atoms with Crippen molar-refractivity contribution in [1.82, 2.24) is 0 Å². The molecule has 1 heterocycles. The van der Waals surface area contributed by atoms with E-state index in [-0.39, 0.29) is 34.7 Å². The van der Waals surface area contributed by atoms with E-state index in [0.29, 0.717) is 60.6 Å². The van der Waals surface area contributed by atoms with Crippen molar-refractivity contribution in [3.05, 3.63) is 34.5 Å². The summed E-state index contributed by atoms with van der Waals surface area (Å²) in [6.45, 7) is 11.2. The largest absolute Gasteiger partial charge is 0.490 e. The molecule has 0 spiro atoms. The van der Waals surface area contributed by atoms with Gasteiger partial charge >= 0.3 is 0 Å². The van der Waals surface area contributed by atoms with Crippen molar-refractivity contribution in [2.75, 3.05) is 40.1 Å². The van der Waals surface area contributed by atoms with Gasteiger partial charge in [-0.25, -0.2) is 0 Å². The van der Waals surface area contributed by atoms with Crippen molar-refractivity contribution in [3.8, 4) is 45.8 Å². The summed E-state index contributed by atoms with van der Waals surface area (Å²) in [5.41, 5.74) is 0.541. The van der Waals surface area contributed by atoms with E-state index in [4.69, 9.17) is 32.8 Å². The zero-order valence-corrected chi connectivity index (χ0v) is 20.6. The molecule has 0 amide bonds. The summed E-state index contributed by atoms with van der Waals surface area (Å²) in [7, 11) is 1.50. The van der Waals surface area contributed by atoms with Crippen LogP contribution in [0.25, 0.3) is 22.3 Å². The van der Waals surface area contributed by atoms with Gasteiger partial charge in [0.1, 0.15) is 11.0 Å². The molecule has 8 heteroatoms. The van der Waals surface area contributed by atoms with Crippen LogP contribution in [0.15, 0.2) is 33.5 Å². The van der Waals surface area contributed by atoms with Gasteiger partial charge in [-0.2, -0.15) is 0 Å². The smallest absolute Gasteiger partial charge is 0.239 e. The van der Waals surface area contributed by atoms with Gasteiger partial charge in [0.05, 0.1) is 40.1 Å². The minimum absolute atomic E-state index is 0.0776. The number of methoxy groups -OCH3 is 1. The van der Waals surface area contributed by atoms with Crippen LogP contribution in [0.1, 0.15) is 34.6 Å². The number of ether oxygens (including phenoxy) is 6. The molecule has 0 aliphatic heterocycles. The molecule has 0 aliphatic rings. The highest BCUT2D eigenvalue weighted by Crippen LogP contribution is 2.45. The topological polar surface area (TPSA) is 85.6 Å². The van der Waals surface area contributed by atoms with Gasteiger partial charge in [-0.3, -0.25) is 4.79 Å². The molecule has 1 aromatic heterocycles. The molecular weight excluding hydrogens is 440 g/mol. The van der Waals surface area contributed by atoms with Crippen LogP contribution in [-0.2, 0) is 0 Å². The minimum atomic E-state index is -0.366. The fraction of sp³-hybridized carbons (Fsp3) is 0.423. The third kappa shape index (κ3) is 4.85. The molecule has 0 saturated heterocycles. The van der Waals surface area contributed by atoms with E-state index in [0.717, 1.165) is 0 Å². The first-order valence-electron chi connectivity index (χ1n) is 11.5. The Hall–Kier alpha value is -3.55. The highest BCUT2D eigenvalue weighted by molar-refractivity contribution is 5.92. The first kappa shape index (κ1) is 25.1. The molecular formula is C26H32O8. The summed E-state index contributed by atoms with van der Waals surface area (Å²) < 4.78 is 40.6. The van der Waals surface area contributed by atoms with Crippen LogP contribution in [0.5, 0.6) is 34.5 Å². The van der Waals surface area contributed by atoms with Crippen LogP contribution in [0.3, 0.4) is 0 Å². The lowest BCUT2D eigenvalue weighted by Gasteiger charge is -2.18. The van der Waals surface area contributed by atoms with E-state index in [2.05, 4.69) is 0 Å². The highest BCUT2D eigenvalue weighted by Gasteiger charge is 2.26. The SMILES string of the molecule is CCOc1ccc(-c2oc3cc(OCC)c(OC)c(OCC)c3c(=O)c2OCC)cc1OCC. The van der Waals surface area contributed by atoms with Gasteiger partial charge in [0.15, 0.2) is 28.8 Å². The first-order valence-corrected chi connectivity index (χ1v) is 11.5. The van der Waals surface area contributed by atoms with E-state index >= 15 is 0 Å². The lowest BCUT2D eigenvalue weighted by Crippen LogP contribution is -2.12. The molecule has 0 radical (unpaired) electrons. The quantitative estimate of drug-likeness (QED) is 0.343. The molecule has 3 aromatic rings. The summed E-state index contributed by atoms with van der Waals surface area (Å²) in [5.74, 6) is 2.52. The Kier molecular flexibility index (Phi) is 8.51. The third-order valence-electron chi connectivity index (χ3n) is 4.90. The third-order valence-corrected chi connectivity index (χ3v) is 4.90. The van der Waals surface area contributed by atoms with Gasteiger partial charge in [-0.15, -0.1) is 0 Å². The van der Waals surface area contributed by atoms with Crippen molar-refractivity contribution < 1.29 is 32.8 Å². The number of rotatable bonds is 12. The number of hydrogen-bond acceptors (Lipinski definition) is 8. The van der Waals surface area contributed by atoms with Gasteiger partial charge in [-0.05, 0) is 52.8 Å². The summed E-state index contributed by atoms with van der Waals surface area (Å²) in [4.78, 5) is 13.7. The Morgan fingerprint density at radius 3 is 1.88 bits per heavy atom. The van der Waals surface area contributed by atoms with Crippen molar-refractivity contribution >= 4 is 11.0 Å². The standard InChI is InChI=1S/C26H32O8/c1-7-29-17-13-12-16(14-18(17)30-8-2)23-26(33-11-5)22(27)21-19(34-23)15-20(31-9-3)24(28-6)25(21)32-10-4/h12-15H,7-11H2,1-6H3. The van der Waals surface area contributed by atoms with Gasteiger partial charge < -0.3 is 32.8 Å². The van der Waals surface area contributed by atoms with Crippen molar-refractivity contribution in [3.63, 3.8) is 0 Å². The van der Waals surface area contributed by atoms with Crippen LogP contribution in [-0.4, -0.2) is 40.1 Å². The second-order valence-electron chi connectivity index (χ2n) is 7.03. The zero-order chi connectivity index (χ0) is 24.7. The predicted molar refractivity (Wildman–Crippen MR) is 130 cm³/mol. The van der Waals surface area contributed by atoms with Crippen LogP contribution < -0.4 is 33.8 Å². The summed E-state index contributed by atoms with van der Waals surface area (Å²) >= 11 is 0. The fourth-order valence-corrected chi connectivity index (χ4v) is 3.66. The summed E-state index contributed by atoms with van der Waals surface area (Å²) in [6, 6.07) is 7.00. The van der Waals surface area contributed by atoms with Crippen molar-refractivity contribution in [2.24, 2.45) is 0 Å². The molecule has 0 N–H and O–H groups in total. The molecule has 0 aliphatic carbocycles. The number of benzene rings is 2. The Morgan fingerprint density at radius 2 is 1.26 bits per heavy atom. The van der Waals surface area contributed by atoms with Gasteiger partial charge in [0.25, 0.3) is 0 Å². The van der Waals surface area contributed by atoms with Crippen LogP contribution in [0.4, 0.5) is 0 Å². The normalized spacial score (nSPS) is 10.8. The van der Waals surface area contributed by atoms with Crippen molar-refractivity contribution in [2.45, 2.75) is 34.6 Å². The molecule has 0 bridgehead atoms. The lowest BCUT2D eigenvalue weighted by atomic mass is 10.1. The van der Waals surface area contributed by atoms with E-state index in [1.807, 2.05) is 27.7 Å². The zero-order valence-electron chi connectivity index (χ0n) is 20.6. The number of fused-ring (bicyclic) bond motifs is 1. The molecule has 184 valence electrons. The molecule has 0 unspecified atom stereocenters. The Labute approximate surface area is 199 Å².